The Hall–Kier alpha value is -2.03. The third-order valence-electron chi connectivity index (χ3n) is 2.25. The molecule has 10 heteroatoms. The summed E-state index contributed by atoms with van der Waals surface area (Å²) in [4.78, 5) is 6.33. The Morgan fingerprint density at radius 3 is 2.29 bits per heavy atom. The Balaban J connectivity index is 2.43. The molecule has 0 fully saturated rings. The van der Waals surface area contributed by atoms with Gasteiger partial charge < -0.3 is 5.32 Å². The van der Waals surface area contributed by atoms with Crippen molar-refractivity contribution in [3.63, 3.8) is 0 Å². The summed E-state index contributed by atoms with van der Waals surface area (Å²) in [5, 5.41) is 1.26. The molecule has 0 amide bonds. The zero-order valence-corrected chi connectivity index (χ0v) is 10.5. The van der Waals surface area contributed by atoms with Gasteiger partial charge in [0, 0.05) is 18.2 Å². The normalized spacial score (nSPS) is 11.6. The van der Waals surface area contributed by atoms with Gasteiger partial charge in [-0.25, -0.2) is 23.1 Å². The number of hydrogen-bond donors (Lipinski definition) is 1. The number of alkyl halides is 3. The Morgan fingerprint density at radius 1 is 1.00 bits per heavy atom. The molecule has 0 saturated heterocycles. The highest BCUT2D eigenvalue weighted by atomic mass is 35.5. The molecule has 0 aliphatic rings. The zero-order valence-electron chi connectivity index (χ0n) is 9.77. The first kappa shape index (κ1) is 15.4. The number of benzene rings is 1. The van der Waals surface area contributed by atoms with Gasteiger partial charge in [-0.1, -0.05) is 0 Å². The van der Waals surface area contributed by atoms with E-state index in [0.29, 0.717) is 12.1 Å². The molecule has 0 radical (unpaired) electrons. The van der Waals surface area contributed by atoms with Crippen molar-refractivity contribution in [1.82, 2.24) is 9.97 Å². The predicted octanol–water partition coefficient (Wildman–Crippen LogP) is 4.31. The van der Waals surface area contributed by atoms with E-state index in [9.17, 15) is 26.3 Å². The van der Waals surface area contributed by atoms with Crippen LogP contribution >= 0.6 is 11.6 Å². The van der Waals surface area contributed by atoms with Gasteiger partial charge >= 0.3 is 6.18 Å². The van der Waals surface area contributed by atoms with E-state index >= 15 is 0 Å². The second-order valence-corrected chi connectivity index (χ2v) is 4.12. The lowest BCUT2D eigenvalue weighted by molar-refractivity contribution is -0.141. The standard InChI is InChI=1S/C11H4ClF6N3/c12-10-20-7(11(16,17)18)3-8(21-10)19-6-2-4(13)1-5(14)9(6)15/h1-3H,(H,19,20,21). The van der Waals surface area contributed by atoms with Crippen molar-refractivity contribution in [1.29, 1.82) is 0 Å². The lowest BCUT2D eigenvalue weighted by atomic mass is 10.2. The summed E-state index contributed by atoms with van der Waals surface area (Å²) < 4.78 is 76.9. The molecule has 0 spiro atoms. The van der Waals surface area contributed by atoms with Crippen LogP contribution in [0.4, 0.5) is 37.8 Å². The van der Waals surface area contributed by atoms with Crippen molar-refractivity contribution < 1.29 is 26.3 Å². The summed E-state index contributed by atoms with van der Waals surface area (Å²) in [6.07, 6.45) is -4.81. The van der Waals surface area contributed by atoms with E-state index in [1.807, 2.05) is 5.32 Å². The largest absolute Gasteiger partial charge is 0.433 e. The maximum atomic E-state index is 13.4. The first-order valence-electron chi connectivity index (χ1n) is 5.20. The Labute approximate surface area is 118 Å². The molecule has 0 aliphatic heterocycles. The molecule has 112 valence electrons. The zero-order chi connectivity index (χ0) is 15.8. The molecule has 0 saturated carbocycles. The first-order valence-corrected chi connectivity index (χ1v) is 5.58. The monoisotopic (exact) mass is 327 g/mol. The third kappa shape index (κ3) is 3.54. The van der Waals surface area contributed by atoms with Gasteiger partial charge in [-0.2, -0.15) is 13.2 Å². The van der Waals surface area contributed by atoms with Crippen molar-refractivity contribution in [2.45, 2.75) is 6.18 Å². The summed E-state index contributed by atoms with van der Waals surface area (Å²) in [5.41, 5.74) is -2.11. The van der Waals surface area contributed by atoms with Gasteiger partial charge in [-0.15, -0.1) is 0 Å². The predicted molar refractivity (Wildman–Crippen MR) is 61.6 cm³/mol. The van der Waals surface area contributed by atoms with Crippen molar-refractivity contribution in [3.05, 3.63) is 46.6 Å². The Bertz CT molecular complexity index is 688. The summed E-state index contributed by atoms with van der Waals surface area (Å²) in [7, 11) is 0. The number of halogens is 7. The lowest BCUT2D eigenvalue weighted by Crippen LogP contribution is -2.10. The second-order valence-electron chi connectivity index (χ2n) is 3.78. The highest BCUT2D eigenvalue weighted by molar-refractivity contribution is 6.28. The average Bonchev–Trinajstić information content (AvgIpc) is 2.33. The van der Waals surface area contributed by atoms with E-state index in [0.717, 1.165) is 0 Å². The van der Waals surface area contributed by atoms with Crippen LogP contribution in [0.3, 0.4) is 0 Å². The molecular formula is C11H4ClF6N3. The number of hydrogen-bond acceptors (Lipinski definition) is 3. The van der Waals surface area contributed by atoms with Crippen molar-refractivity contribution >= 4 is 23.1 Å². The number of anilines is 2. The number of aromatic nitrogens is 2. The molecule has 0 aliphatic carbocycles. The smallest absolute Gasteiger partial charge is 0.338 e. The van der Waals surface area contributed by atoms with Crippen LogP contribution in [0.1, 0.15) is 5.69 Å². The molecule has 2 rings (SSSR count). The summed E-state index contributed by atoms with van der Waals surface area (Å²) in [6, 6.07) is 1.27. The fourth-order valence-electron chi connectivity index (χ4n) is 1.41. The van der Waals surface area contributed by atoms with Crippen molar-refractivity contribution in [2.75, 3.05) is 5.32 Å². The minimum absolute atomic E-state index is 0.286. The van der Waals surface area contributed by atoms with Crippen LogP contribution in [0.2, 0.25) is 5.28 Å². The minimum atomic E-state index is -4.81. The second kappa shape index (κ2) is 5.40. The summed E-state index contributed by atoms with van der Waals surface area (Å²) in [5.74, 6) is -4.66. The highest BCUT2D eigenvalue weighted by Gasteiger charge is 2.33. The van der Waals surface area contributed by atoms with E-state index in [2.05, 4.69) is 9.97 Å². The molecule has 0 bridgehead atoms. The topological polar surface area (TPSA) is 37.8 Å². The molecule has 1 heterocycles. The minimum Gasteiger partial charge on any atom is -0.338 e. The fourth-order valence-corrected chi connectivity index (χ4v) is 1.59. The molecule has 3 nitrogen and oxygen atoms in total. The van der Waals surface area contributed by atoms with Gasteiger partial charge in [-0.3, -0.25) is 0 Å². The van der Waals surface area contributed by atoms with Crippen molar-refractivity contribution in [3.8, 4) is 0 Å². The van der Waals surface area contributed by atoms with Crippen LogP contribution in [0, 0.1) is 17.5 Å². The van der Waals surface area contributed by atoms with Gasteiger partial charge in [0.25, 0.3) is 0 Å². The molecule has 0 unspecified atom stereocenters. The molecule has 1 aromatic heterocycles. The Morgan fingerprint density at radius 2 is 1.67 bits per heavy atom. The van der Waals surface area contributed by atoms with Crippen LogP contribution in [-0.2, 0) is 6.18 Å². The lowest BCUT2D eigenvalue weighted by Gasteiger charge is -2.10. The Kier molecular flexibility index (Phi) is 3.95. The van der Waals surface area contributed by atoms with E-state index in [4.69, 9.17) is 11.6 Å². The number of rotatable bonds is 2. The molecule has 1 N–H and O–H groups in total. The summed E-state index contributed by atoms with van der Waals surface area (Å²) >= 11 is 5.32. The van der Waals surface area contributed by atoms with Crippen LogP contribution in [-0.4, -0.2) is 9.97 Å². The number of nitrogens with one attached hydrogen (secondary N) is 1. The van der Waals surface area contributed by atoms with Crippen LogP contribution in [0.5, 0.6) is 0 Å². The van der Waals surface area contributed by atoms with E-state index in [1.54, 1.807) is 0 Å². The van der Waals surface area contributed by atoms with Crippen LogP contribution < -0.4 is 5.32 Å². The molecule has 21 heavy (non-hydrogen) atoms. The molecule has 1 aromatic carbocycles. The first-order chi connectivity index (χ1) is 9.66. The van der Waals surface area contributed by atoms with E-state index < -0.39 is 46.1 Å². The van der Waals surface area contributed by atoms with Crippen LogP contribution in [0.15, 0.2) is 18.2 Å². The van der Waals surface area contributed by atoms with Gasteiger partial charge in [0.2, 0.25) is 5.28 Å². The molecule has 2 aromatic rings. The van der Waals surface area contributed by atoms with Gasteiger partial charge in [0.1, 0.15) is 11.6 Å². The maximum absolute atomic E-state index is 13.4. The highest BCUT2D eigenvalue weighted by Crippen LogP contribution is 2.31. The van der Waals surface area contributed by atoms with Crippen molar-refractivity contribution in [2.24, 2.45) is 0 Å². The van der Waals surface area contributed by atoms with Crippen LogP contribution in [0.25, 0.3) is 0 Å². The SMILES string of the molecule is Fc1cc(F)c(F)c(Nc2cc(C(F)(F)F)nc(Cl)n2)c1. The molecule has 0 atom stereocenters. The fraction of sp³-hybridized carbons (Fsp3) is 0.0909. The average molecular weight is 328 g/mol. The van der Waals surface area contributed by atoms with Gasteiger partial charge in [-0.05, 0) is 11.6 Å². The third-order valence-corrected chi connectivity index (χ3v) is 2.41. The van der Waals surface area contributed by atoms with E-state index in [-0.39, 0.29) is 6.07 Å². The van der Waals surface area contributed by atoms with Gasteiger partial charge in [0.05, 0.1) is 5.69 Å². The van der Waals surface area contributed by atoms with Gasteiger partial charge in [0.15, 0.2) is 17.3 Å². The number of nitrogens with zero attached hydrogens (tertiary/aromatic N) is 2. The maximum Gasteiger partial charge on any atom is 0.433 e. The summed E-state index contributed by atoms with van der Waals surface area (Å²) in [6.45, 7) is 0. The molecular weight excluding hydrogens is 324 g/mol. The quantitative estimate of drug-likeness (QED) is 0.507. The van der Waals surface area contributed by atoms with E-state index in [1.165, 1.54) is 0 Å².